The van der Waals surface area contributed by atoms with Crippen molar-refractivity contribution in [2.45, 2.75) is 19.9 Å². The summed E-state index contributed by atoms with van der Waals surface area (Å²) in [5.41, 5.74) is 1.22. The Kier molecular flexibility index (Phi) is 2.17. The normalized spacial score (nSPS) is 30.5. The summed E-state index contributed by atoms with van der Waals surface area (Å²) in [6.07, 6.45) is 13.0. The summed E-state index contributed by atoms with van der Waals surface area (Å²) in [5.74, 6) is 1.03. The third-order valence-electron chi connectivity index (χ3n) is 2.53. The molecule has 2 rings (SSSR count). The smallest absolute Gasteiger partial charge is 0.0783 e. The number of hydrogen-bond donors (Lipinski definition) is 0. The molecule has 0 radical (unpaired) electrons. The minimum absolute atomic E-state index is 0.354. The van der Waals surface area contributed by atoms with Gasteiger partial charge in [0.15, 0.2) is 0 Å². The third kappa shape index (κ3) is 1.64. The molecule has 0 aromatic heterocycles. The van der Waals surface area contributed by atoms with Gasteiger partial charge in [0.05, 0.1) is 6.04 Å². The van der Waals surface area contributed by atoms with Gasteiger partial charge in [-0.15, -0.1) is 0 Å². The monoisotopic (exact) mass is 173 g/mol. The largest absolute Gasteiger partial charge is 0.281 e. The van der Waals surface area contributed by atoms with Crippen molar-refractivity contribution in [3.8, 4) is 0 Å². The first kappa shape index (κ1) is 8.49. The topological polar surface area (TPSA) is 12.4 Å². The Morgan fingerprint density at radius 2 is 1.92 bits per heavy atom. The predicted octanol–water partition coefficient (Wildman–Crippen LogP) is 2.76. The first-order valence-electron chi connectivity index (χ1n) is 4.88. The Labute approximate surface area is 79.6 Å². The Morgan fingerprint density at radius 1 is 1.15 bits per heavy atom. The summed E-state index contributed by atoms with van der Waals surface area (Å²) < 4.78 is 0. The standard InChI is InChI=1S/C12H15N/c1-9(2)11-8-7-10-5-3-4-6-12(10)13-11/h3-10,12H,1-2H3. The summed E-state index contributed by atoms with van der Waals surface area (Å²) in [7, 11) is 0. The maximum Gasteiger partial charge on any atom is 0.0783 e. The second-order valence-corrected chi connectivity index (χ2v) is 3.91. The van der Waals surface area contributed by atoms with E-state index in [2.05, 4.69) is 50.3 Å². The van der Waals surface area contributed by atoms with Crippen molar-refractivity contribution in [3.63, 3.8) is 0 Å². The molecule has 13 heavy (non-hydrogen) atoms. The highest BCUT2D eigenvalue weighted by Crippen LogP contribution is 2.22. The van der Waals surface area contributed by atoms with E-state index in [9.17, 15) is 0 Å². The maximum absolute atomic E-state index is 4.70. The van der Waals surface area contributed by atoms with E-state index >= 15 is 0 Å². The van der Waals surface area contributed by atoms with Crippen LogP contribution in [0.15, 0.2) is 41.4 Å². The fraction of sp³-hybridized carbons (Fsp3) is 0.417. The van der Waals surface area contributed by atoms with Gasteiger partial charge in [0.1, 0.15) is 0 Å². The second-order valence-electron chi connectivity index (χ2n) is 3.91. The molecule has 0 amide bonds. The van der Waals surface area contributed by atoms with Gasteiger partial charge in [0.25, 0.3) is 0 Å². The van der Waals surface area contributed by atoms with Crippen LogP contribution in [0, 0.1) is 11.8 Å². The van der Waals surface area contributed by atoms with E-state index in [1.54, 1.807) is 0 Å². The zero-order valence-corrected chi connectivity index (χ0v) is 8.14. The summed E-state index contributed by atoms with van der Waals surface area (Å²) >= 11 is 0. The molecule has 1 heterocycles. The predicted molar refractivity (Wildman–Crippen MR) is 57.0 cm³/mol. The second kappa shape index (κ2) is 3.33. The lowest BCUT2D eigenvalue weighted by atomic mass is 9.90. The molecule has 0 bridgehead atoms. The molecule has 0 saturated carbocycles. The SMILES string of the molecule is CC(C)C1=NC2C=CC=CC2C=C1. The van der Waals surface area contributed by atoms with E-state index in [1.165, 1.54) is 5.71 Å². The fourth-order valence-corrected chi connectivity index (χ4v) is 1.69. The van der Waals surface area contributed by atoms with Gasteiger partial charge >= 0.3 is 0 Å². The molecule has 1 aliphatic heterocycles. The molecule has 0 N–H and O–H groups in total. The molecule has 2 atom stereocenters. The molecule has 1 nitrogen and oxygen atoms in total. The number of allylic oxidation sites excluding steroid dienone is 3. The molecule has 0 aromatic carbocycles. The summed E-state index contributed by atoms with van der Waals surface area (Å²) in [5, 5.41) is 0. The lowest BCUT2D eigenvalue weighted by molar-refractivity contribution is 0.668. The number of rotatable bonds is 1. The van der Waals surface area contributed by atoms with Gasteiger partial charge in [-0.2, -0.15) is 0 Å². The van der Waals surface area contributed by atoms with E-state index in [0.29, 0.717) is 17.9 Å². The molecule has 0 saturated heterocycles. The van der Waals surface area contributed by atoms with E-state index in [4.69, 9.17) is 4.99 Å². The zero-order valence-electron chi connectivity index (χ0n) is 8.14. The number of fused-ring (bicyclic) bond motifs is 1. The molecule has 0 fully saturated rings. The van der Waals surface area contributed by atoms with Gasteiger partial charge in [-0.1, -0.05) is 44.2 Å². The Morgan fingerprint density at radius 3 is 2.69 bits per heavy atom. The van der Waals surface area contributed by atoms with Gasteiger partial charge < -0.3 is 0 Å². The first-order chi connectivity index (χ1) is 6.27. The van der Waals surface area contributed by atoms with Crippen LogP contribution in [0.2, 0.25) is 0 Å². The van der Waals surface area contributed by atoms with Crippen LogP contribution < -0.4 is 0 Å². The molecule has 0 spiro atoms. The van der Waals surface area contributed by atoms with Crippen LogP contribution in [-0.2, 0) is 0 Å². The van der Waals surface area contributed by atoms with Gasteiger partial charge in [-0.05, 0) is 12.0 Å². The van der Waals surface area contributed by atoms with Crippen LogP contribution in [0.5, 0.6) is 0 Å². The Balaban J connectivity index is 2.22. The van der Waals surface area contributed by atoms with Gasteiger partial charge in [-0.25, -0.2) is 0 Å². The first-order valence-corrected chi connectivity index (χ1v) is 4.88. The van der Waals surface area contributed by atoms with E-state index in [1.807, 2.05) is 0 Å². The summed E-state index contributed by atoms with van der Waals surface area (Å²) in [4.78, 5) is 4.70. The van der Waals surface area contributed by atoms with Crippen molar-refractivity contribution in [1.82, 2.24) is 0 Å². The maximum atomic E-state index is 4.70. The zero-order chi connectivity index (χ0) is 9.26. The van der Waals surface area contributed by atoms with Gasteiger partial charge in [0.2, 0.25) is 0 Å². The highest BCUT2D eigenvalue weighted by molar-refractivity contribution is 5.97. The highest BCUT2D eigenvalue weighted by Gasteiger charge is 2.19. The summed E-state index contributed by atoms with van der Waals surface area (Å²) in [6, 6.07) is 0.354. The van der Waals surface area contributed by atoms with Crippen LogP contribution in [0.25, 0.3) is 0 Å². The van der Waals surface area contributed by atoms with Crippen molar-refractivity contribution in [2.75, 3.05) is 0 Å². The summed E-state index contributed by atoms with van der Waals surface area (Å²) in [6.45, 7) is 4.37. The van der Waals surface area contributed by atoms with Crippen LogP contribution in [0.1, 0.15) is 13.8 Å². The van der Waals surface area contributed by atoms with Gasteiger partial charge in [-0.3, -0.25) is 4.99 Å². The molecule has 2 aliphatic rings. The van der Waals surface area contributed by atoms with Crippen molar-refractivity contribution >= 4 is 5.71 Å². The van der Waals surface area contributed by atoms with E-state index in [0.717, 1.165) is 0 Å². The van der Waals surface area contributed by atoms with E-state index < -0.39 is 0 Å². The van der Waals surface area contributed by atoms with E-state index in [-0.39, 0.29) is 0 Å². The van der Waals surface area contributed by atoms with Crippen molar-refractivity contribution < 1.29 is 0 Å². The Hall–Kier alpha value is -1.11. The molecule has 1 heteroatoms. The van der Waals surface area contributed by atoms with Crippen LogP contribution >= 0.6 is 0 Å². The average molecular weight is 173 g/mol. The lowest BCUT2D eigenvalue weighted by Crippen LogP contribution is -2.22. The molecular formula is C12H15N. The van der Waals surface area contributed by atoms with Gasteiger partial charge in [0, 0.05) is 11.6 Å². The van der Waals surface area contributed by atoms with Crippen molar-refractivity contribution in [2.24, 2.45) is 16.8 Å². The Bertz CT molecular complexity index is 305. The number of nitrogens with zero attached hydrogens (tertiary/aromatic N) is 1. The number of hydrogen-bond acceptors (Lipinski definition) is 1. The minimum Gasteiger partial charge on any atom is -0.281 e. The number of aliphatic imine (C=N–C) groups is 1. The van der Waals surface area contributed by atoms with Crippen LogP contribution in [0.3, 0.4) is 0 Å². The molecule has 0 aromatic rings. The van der Waals surface area contributed by atoms with Crippen LogP contribution in [0.4, 0.5) is 0 Å². The molecule has 1 aliphatic carbocycles. The van der Waals surface area contributed by atoms with Crippen molar-refractivity contribution in [1.29, 1.82) is 0 Å². The van der Waals surface area contributed by atoms with Crippen molar-refractivity contribution in [3.05, 3.63) is 36.5 Å². The third-order valence-corrected chi connectivity index (χ3v) is 2.53. The van der Waals surface area contributed by atoms with Crippen LogP contribution in [-0.4, -0.2) is 11.8 Å². The quantitative estimate of drug-likeness (QED) is 0.578. The molecule has 2 unspecified atom stereocenters. The highest BCUT2D eigenvalue weighted by atomic mass is 14.8. The fourth-order valence-electron chi connectivity index (χ4n) is 1.69. The average Bonchev–Trinajstić information content (AvgIpc) is 2.17. The number of dihydropyridines is 1. The lowest BCUT2D eigenvalue weighted by Gasteiger charge is -2.23. The minimum atomic E-state index is 0.354. The molecule has 68 valence electrons. The molecular weight excluding hydrogens is 158 g/mol.